The topological polar surface area (TPSA) is 216 Å². The second-order valence-electron chi connectivity index (χ2n) is 20.5. The maximum atomic E-state index is 14.5. The number of nitrogens with zero attached hydrogens (tertiary/aromatic N) is 1. The van der Waals surface area contributed by atoms with Crippen molar-refractivity contribution in [2.45, 2.75) is 211 Å². The maximum Gasteiger partial charge on any atom is 0.329 e. The molecule has 4 N–H and O–H groups in total. The number of unbranched alkanes of at least 4 members (excludes halogenated alkanes) is 6. The molecule has 1 saturated carbocycles. The minimum absolute atomic E-state index is 0.0170. The number of allylic oxidation sites excluding steroid dienone is 5. The first-order chi connectivity index (χ1) is 32.3. The number of rotatable bonds is 16. The molecule has 386 valence electrons. The van der Waals surface area contributed by atoms with Gasteiger partial charge in [-0.15, -0.1) is 0 Å². The summed E-state index contributed by atoms with van der Waals surface area (Å²) in [6.07, 6.45) is 13.9. The van der Waals surface area contributed by atoms with E-state index in [-0.39, 0.29) is 56.0 Å². The average Bonchev–Trinajstić information content (AvgIpc) is 3.31. The van der Waals surface area contributed by atoms with E-state index in [2.05, 4.69) is 13.0 Å². The van der Waals surface area contributed by atoms with Crippen molar-refractivity contribution in [1.29, 1.82) is 0 Å². The number of aliphatic carboxylic acids is 1. The predicted octanol–water partition coefficient (Wildman–Crippen LogP) is 7.21. The van der Waals surface area contributed by atoms with E-state index in [0.717, 1.165) is 44.1 Å². The number of ketones is 2. The van der Waals surface area contributed by atoms with Crippen LogP contribution in [-0.4, -0.2) is 137 Å². The lowest BCUT2D eigenvalue weighted by atomic mass is 9.81. The summed E-state index contributed by atoms with van der Waals surface area (Å²) in [6, 6.07) is -1.16. The molecule has 4 rings (SSSR count). The molecule has 0 aromatic rings. The molecule has 1 amide bonds. The quantitative estimate of drug-likeness (QED) is 0.0521. The van der Waals surface area contributed by atoms with Gasteiger partial charge in [-0.05, 0) is 115 Å². The molecule has 3 heterocycles. The van der Waals surface area contributed by atoms with Gasteiger partial charge in [0.15, 0.2) is 0 Å². The number of cyclic esters (lactones) is 1. The van der Waals surface area contributed by atoms with Gasteiger partial charge in [-0.1, -0.05) is 76.3 Å². The SMILES string of the molecule is CO[C@H]1C[C@@H](C)C/C(C)=C/[C@@H](C/C=C/CCCCCCCCC(=O)O)C(=O)C[C@H](O)[C@@H](C)[C@@H](/C(C)=C/[C@@H]2CC[C@@H](O)[C@H](OC)C2)OC(=O)[C@@H]2CCCCN2C(=O)C(=O)[C@]2(O)O[C@H]1[C@@H](OC)C[C@H]2C. The van der Waals surface area contributed by atoms with E-state index >= 15 is 0 Å². The number of carboxylic acid groups (broad SMARTS) is 1. The molecule has 2 saturated heterocycles. The van der Waals surface area contributed by atoms with Crippen molar-refractivity contribution in [2.75, 3.05) is 27.9 Å². The lowest BCUT2D eigenvalue weighted by Gasteiger charge is -2.47. The van der Waals surface area contributed by atoms with E-state index < -0.39 is 89.8 Å². The van der Waals surface area contributed by atoms with Crippen LogP contribution in [0.5, 0.6) is 0 Å². The van der Waals surface area contributed by atoms with Gasteiger partial charge in [-0.25, -0.2) is 4.79 Å². The number of piperidine rings is 1. The van der Waals surface area contributed by atoms with Crippen molar-refractivity contribution in [3.05, 3.63) is 35.5 Å². The summed E-state index contributed by atoms with van der Waals surface area (Å²) in [7, 11) is 4.62. The van der Waals surface area contributed by atoms with Crippen LogP contribution in [0.1, 0.15) is 157 Å². The Hall–Kier alpha value is -3.31. The molecule has 1 aliphatic carbocycles. The zero-order chi connectivity index (χ0) is 50.1. The van der Waals surface area contributed by atoms with Gasteiger partial charge in [0.1, 0.15) is 24.0 Å². The molecule has 0 unspecified atom stereocenters. The molecular weight excluding hydrogens is 875 g/mol. The summed E-state index contributed by atoms with van der Waals surface area (Å²) in [5.74, 6) is -8.66. The molecule has 15 heteroatoms. The van der Waals surface area contributed by atoms with Gasteiger partial charge in [0.05, 0.1) is 30.5 Å². The number of methoxy groups -OCH3 is 3. The molecule has 0 radical (unpaired) electrons. The smallest absolute Gasteiger partial charge is 0.329 e. The monoisotopic (exact) mass is 960 g/mol. The van der Waals surface area contributed by atoms with Crippen LogP contribution in [0.2, 0.25) is 0 Å². The fraction of sp³-hybridized carbons (Fsp3) is 0.792. The highest BCUT2D eigenvalue weighted by atomic mass is 16.7. The molecule has 0 spiro atoms. The highest BCUT2D eigenvalue weighted by Crippen LogP contribution is 2.39. The van der Waals surface area contributed by atoms with Crippen LogP contribution < -0.4 is 0 Å². The highest BCUT2D eigenvalue weighted by molar-refractivity contribution is 6.39. The summed E-state index contributed by atoms with van der Waals surface area (Å²) in [4.78, 5) is 69.6. The van der Waals surface area contributed by atoms with Crippen molar-refractivity contribution in [1.82, 2.24) is 4.90 Å². The standard InChI is InChI=1S/C53H85NO14/c1-33-26-34(2)28-45(65-7)49-46(66-8)30-36(4)53(63,68-49)50(60)51(61)54-25-19-18-21-40(54)52(62)67-48(35(3)29-38-23-24-41(55)44(31-38)64-6)37(5)42(56)32-43(57)39(27-33)20-16-14-12-10-9-11-13-15-17-22-47(58)59/h14,16,27,29,34,36-42,44-46,48-49,55-56,63H,9-13,15,17-26,28,30-32H2,1-8H3,(H,58,59)/b16-14+,33-27+,35-29+/t34-,36+,37+,38-,39+,40-,41+,42-,44+,45-,46-,48+,49+,53+/m0/s1. The Morgan fingerprint density at radius 1 is 0.838 bits per heavy atom. The molecular formula is C53H85NO14. The molecule has 0 aromatic heterocycles. The van der Waals surface area contributed by atoms with Crippen LogP contribution in [0.3, 0.4) is 0 Å². The minimum Gasteiger partial charge on any atom is -0.481 e. The normalized spacial score (nSPS) is 36.4. The Morgan fingerprint density at radius 3 is 2.18 bits per heavy atom. The van der Waals surface area contributed by atoms with E-state index in [1.807, 2.05) is 32.1 Å². The Balaban J connectivity index is 1.70. The summed E-state index contributed by atoms with van der Waals surface area (Å²) < 4.78 is 30.1. The Bertz CT molecular complexity index is 1750. The summed E-state index contributed by atoms with van der Waals surface area (Å²) >= 11 is 0. The van der Waals surface area contributed by atoms with Crippen molar-refractivity contribution in [2.24, 2.45) is 29.6 Å². The van der Waals surface area contributed by atoms with E-state index in [1.165, 1.54) is 19.1 Å². The number of aliphatic hydroxyl groups is 3. The largest absolute Gasteiger partial charge is 0.481 e. The molecule has 2 bridgehead atoms. The Kier molecular flexibility index (Phi) is 23.5. The first kappa shape index (κ1) is 57.3. The van der Waals surface area contributed by atoms with Crippen LogP contribution in [-0.2, 0) is 47.7 Å². The van der Waals surface area contributed by atoms with Gasteiger partial charge in [-0.3, -0.25) is 19.2 Å². The van der Waals surface area contributed by atoms with Gasteiger partial charge in [0.2, 0.25) is 5.79 Å². The van der Waals surface area contributed by atoms with Crippen molar-refractivity contribution in [3.8, 4) is 0 Å². The first-order valence-corrected chi connectivity index (χ1v) is 25.5. The summed E-state index contributed by atoms with van der Waals surface area (Å²) in [5.41, 5.74) is 1.61. The Labute approximate surface area is 405 Å². The van der Waals surface area contributed by atoms with Gasteiger partial charge < -0.3 is 49.0 Å². The predicted molar refractivity (Wildman–Crippen MR) is 256 cm³/mol. The zero-order valence-electron chi connectivity index (χ0n) is 42.3. The maximum absolute atomic E-state index is 14.5. The summed E-state index contributed by atoms with van der Waals surface area (Å²) in [5, 5.41) is 43.5. The first-order valence-electron chi connectivity index (χ1n) is 25.5. The van der Waals surface area contributed by atoms with Crippen LogP contribution in [0.25, 0.3) is 0 Å². The molecule has 4 aliphatic rings. The van der Waals surface area contributed by atoms with E-state index in [4.69, 9.17) is 28.8 Å². The molecule has 15 nitrogen and oxygen atoms in total. The Morgan fingerprint density at radius 2 is 1.50 bits per heavy atom. The third-order valence-corrected chi connectivity index (χ3v) is 15.0. The van der Waals surface area contributed by atoms with Crippen molar-refractivity contribution < 1.29 is 68.1 Å². The van der Waals surface area contributed by atoms with Gasteiger partial charge >= 0.3 is 11.9 Å². The number of aliphatic hydroxyl groups excluding tert-OH is 2. The van der Waals surface area contributed by atoms with Crippen LogP contribution in [0, 0.1) is 29.6 Å². The third kappa shape index (κ3) is 16.1. The molecule has 0 aromatic carbocycles. The van der Waals surface area contributed by atoms with Crippen LogP contribution in [0.4, 0.5) is 0 Å². The van der Waals surface area contributed by atoms with E-state index in [1.54, 1.807) is 21.0 Å². The molecule has 14 atom stereocenters. The van der Waals surface area contributed by atoms with Crippen molar-refractivity contribution in [3.63, 3.8) is 0 Å². The van der Waals surface area contributed by atoms with Crippen LogP contribution >= 0.6 is 0 Å². The second-order valence-corrected chi connectivity index (χ2v) is 20.5. The van der Waals surface area contributed by atoms with Gasteiger partial charge in [0, 0.05) is 58.5 Å². The number of hydrogen-bond donors (Lipinski definition) is 4. The molecule has 3 fully saturated rings. The van der Waals surface area contributed by atoms with E-state index in [9.17, 15) is 39.3 Å². The number of carboxylic acids is 1. The van der Waals surface area contributed by atoms with Gasteiger partial charge in [-0.2, -0.15) is 0 Å². The fourth-order valence-corrected chi connectivity index (χ4v) is 10.9. The third-order valence-electron chi connectivity index (χ3n) is 15.0. The molecule has 68 heavy (non-hydrogen) atoms. The number of hydrogen-bond acceptors (Lipinski definition) is 13. The zero-order valence-corrected chi connectivity index (χ0v) is 42.3. The lowest BCUT2D eigenvalue weighted by Crippen LogP contribution is -2.64. The number of ether oxygens (including phenoxy) is 5. The number of Topliss-reactive ketones (excluding diaryl/α,β-unsaturated/α-hetero) is 2. The number of esters is 1. The van der Waals surface area contributed by atoms with Gasteiger partial charge in [0.25, 0.3) is 11.7 Å². The van der Waals surface area contributed by atoms with Crippen LogP contribution in [0.15, 0.2) is 35.5 Å². The van der Waals surface area contributed by atoms with E-state index in [0.29, 0.717) is 63.4 Å². The second kappa shape index (κ2) is 27.9. The summed E-state index contributed by atoms with van der Waals surface area (Å²) in [6.45, 7) is 9.30. The number of carbonyl (C=O) groups excluding carboxylic acids is 4. The fourth-order valence-electron chi connectivity index (χ4n) is 10.9. The lowest BCUT2D eigenvalue weighted by molar-refractivity contribution is -0.302. The number of carbonyl (C=O) groups is 5. The highest BCUT2D eigenvalue weighted by Gasteiger charge is 2.56. The average molecular weight is 960 g/mol. The number of fused-ring (bicyclic) bond motifs is 3. The minimum atomic E-state index is -2.53. The van der Waals surface area contributed by atoms with Crippen molar-refractivity contribution >= 4 is 29.4 Å². The molecule has 3 aliphatic heterocycles. The number of amides is 1.